The molecule has 160 valence electrons. The number of nitrogens with one attached hydrogen (secondary N) is 1. The van der Waals surface area contributed by atoms with Crippen LogP contribution >= 0.6 is 0 Å². The van der Waals surface area contributed by atoms with E-state index < -0.39 is 0 Å². The Labute approximate surface area is 170 Å². The predicted molar refractivity (Wildman–Crippen MR) is 111 cm³/mol. The van der Waals surface area contributed by atoms with Gasteiger partial charge in [-0.2, -0.15) is 0 Å². The van der Waals surface area contributed by atoms with Gasteiger partial charge < -0.3 is 10.2 Å². The maximum absolute atomic E-state index is 12.5. The van der Waals surface area contributed by atoms with Gasteiger partial charge in [-0.15, -0.1) is 0 Å². The third kappa shape index (κ3) is 5.71. The summed E-state index contributed by atoms with van der Waals surface area (Å²) in [7, 11) is 0. The van der Waals surface area contributed by atoms with E-state index in [-0.39, 0.29) is 34.6 Å². The topological polar surface area (TPSA) is 69.7 Å². The SMILES string of the molecule is CC(C)(C)C1CC(=O)N(CCCCCNC(=O)N2CC[C@@H](C(C)(C)C)C2)C1=O. The van der Waals surface area contributed by atoms with Crippen molar-refractivity contribution in [3.63, 3.8) is 0 Å². The molecule has 2 rings (SSSR count). The zero-order chi connectivity index (χ0) is 21.1. The predicted octanol–water partition coefficient (Wildman–Crippen LogP) is 3.66. The van der Waals surface area contributed by atoms with Crippen LogP contribution in [0.4, 0.5) is 4.79 Å². The lowest BCUT2D eigenvalue weighted by Gasteiger charge is -2.27. The lowest BCUT2D eigenvalue weighted by molar-refractivity contribution is -0.140. The van der Waals surface area contributed by atoms with E-state index in [2.05, 4.69) is 26.1 Å². The number of likely N-dealkylation sites (tertiary alicyclic amines) is 2. The molecule has 2 aliphatic rings. The van der Waals surface area contributed by atoms with E-state index in [1.807, 2.05) is 25.7 Å². The maximum Gasteiger partial charge on any atom is 0.317 e. The third-order valence-corrected chi connectivity index (χ3v) is 6.32. The van der Waals surface area contributed by atoms with Crippen molar-refractivity contribution in [1.29, 1.82) is 0 Å². The molecule has 1 unspecified atom stereocenters. The summed E-state index contributed by atoms with van der Waals surface area (Å²) in [5, 5.41) is 3.01. The van der Waals surface area contributed by atoms with E-state index >= 15 is 0 Å². The van der Waals surface area contributed by atoms with E-state index in [1.165, 1.54) is 4.90 Å². The van der Waals surface area contributed by atoms with Crippen LogP contribution in [0.5, 0.6) is 0 Å². The number of hydrogen-bond donors (Lipinski definition) is 1. The molecular formula is C22H39N3O3. The number of carbonyl (C=O) groups excluding carboxylic acids is 3. The summed E-state index contributed by atoms with van der Waals surface area (Å²) >= 11 is 0. The van der Waals surface area contributed by atoms with Crippen molar-refractivity contribution in [2.45, 2.75) is 73.6 Å². The van der Waals surface area contributed by atoms with Crippen molar-refractivity contribution in [3.05, 3.63) is 0 Å². The Morgan fingerprint density at radius 1 is 1.04 bits per heavy atom. The van der Waals surface area contributed by atoms with Gasteiger partial charge in [0.25, 0.3) is 0 Å². The standard InChI is InChI=1S/C22H39N3O3/c1-21(2,3)16-10-13-24(15-16)20(28)23-11-8-7-9-12-25-18(26)14-17(19(25)27)22(4,5)6/h16-17H,7-15H2,1-6H3,(H,23,28)/t16-,17?/m1/s1. The molecule has 6 nitrogen and oxygen atoms in total. The van der Waals surface area contributed by atoms with Crippen LogP contribution in [0.15, 0.2) is 0 Å². The van der Waals surface area contributed by atoms with Crippen molar-refractivity contribution in [2.75, 3.05) is 26.2 Å². The smallest absolute Gasteiger partial charge is 0.317 e. The fourth-order valence-corrected chi connectivity index (χ4v) is 4.13. The molecule has 28 heavy (non-hydrogen) atoms. The van der Waals surface area contributed by atoms with E-state index in [9.17, 15) is 14.4 Å². The van der Waals surface area contributed by atoms with Crippen molar-refractivity contribution in [2.24, 2.45) is 22.7 Å². The fourth-order valence-electron chi connectivity index (χ4n) is 4.13. The fraction of sp³-hybridized carbons (Fsp3) is 0.864. The number of amides is 4. The minimum absolute atomic E-state index is 0.0201. The zero-order valence-electron chi connectivity index (χ0n) is 18.6. The summed E-state index contributed by atoms with van der Waals surface area (Å²) in [5.74, 6) is 0.302. The molecule has 0 spiro atoms. The monoisotopic (exact) mass is 393 g/mol. The number of nitrogens with zero attached hydrogens (tertiary/aromatic N) is 2. The molecule has 2 aliphatic heterocycles. The Hall–Kier alpha value is -1.59. The van der Waals surface area contributed by atoms with Gasteiger partial charge in [-0.1, -0.05) is 41.5 Å². The molecule has 2 heterocycles. The van der Waals surface area contributed by atoms with Crippen LogP contribution in [0.1, 0.15) is 73.6 Å². The van der Waals surface area contributed by atoms with Crippen LogP contribution in [0.2, 0.25) is 0 Å². The van der Waals surface area contributed by atoms with Crippen molar-refractivity contribution < 1.29 is 14.4 Å². The van der Waals surface area contributed by atoms with Gasteiger partial charge in [-0.25, -0.2) is 4.79 Å². The molecule has 6 heteroatoms. The van der Waals surface area contributed by atoms with Crippen LogP contribution in [0.25, 0.3) is 0 Å². The van der Waals surface area contributed by atoms with Crippen LogP contribution in [-0.2, 0) is 9.59 Å². The number of imide groups is 1. The highest BCUT2D eigenvalue weighted by Gasteiger charge is 2.44. The molecule has 1 N–H and O–H groups in total. The molecule has 4 amide bonds. The van der Waals surface area contributed by atoms with E-state index in [0.29, 0.717) is 25.4 Å². The highest BCUT2D eigenvalue weighted by molar-refractivity contribution is 6.03. The maximum atomic E-state index is 12.5. The zero-order valence-corrected chi connectivity index (χ0v) is 18.6. The van der Waals surface area contributed by atoms with Gasteiger partial charge in [0.1, 0.15) is 0 Å². The second-order valence-electron chi connectivity index (χ2n) is 10.6. The molecule has 0 aromatic heterocycles. The molecule has 0 saturated carbocycles. The summed E-state index contributed by atoms with van der Waals surface area (Å²) in [5.41, 5.74) is 0.0683. The average Bonchev–Trinajstić information content (AvgIpc) is 3.16. The lowest BCUT2D eigenvalue weighted by atomic mass is 9.80. The van der Waals surface area contributed by atoms with Crippen LogP contribution in [-0.4, -0.2) is 53.8 Å². The summed E-state index contributed by atoms with van der Waals surface area (Å²) in [6.07, 6.45) is 3.96. The minimum atomic E-state index is -0.198. The number of urea groups is 1. The van der Waals surface area contributed by atoms with E-state index in [1.54, 1.807) is 0 Å². The quantitative estimate of drug-likeness (QED) is 0.553. The first-order valence-electron chi connectivity index (χ1n) is 10.8. The van der Waals surface area contributed by atoms with Crippen LogP contribution < -0.4 is 5.32 Å². The highest BCUT2D eigenvalue weighted by atomic mass is 16.2. The van der Waals surface area contributed by atoms with Gasteiger partial charge >= 0.3 is 6.03 Å². The number of unbranched alkanes of at least 4 members (excludes halogenated alkanes) is 2. The molecule has 0 bridgehead atoms. The summed E-state index contributed by atoms with van der Waals surface area (Å²) in [4.78, 5) is 40.2. The van der Waals surface area contributed by atoms with Gasteiger partial charge in [0, 0.05) is 32.6 Å². The van der Waals surface area contributed by atoms with Gasteiger partial charge in [0.15, 0.2) is 0 Å². The first kappa shape index (κ1) is 22.7. The highest BCUT2D eigenvalue weighted by Crippen LogP contribution is 2.35. The largest absolute Gasteiger partial charge is 0.338 e. The average molecular weight is 394 g/mol. The third-order valence-electron chi connectivity index (χ3n) is 6.32. The molecule has 2 saturated heterocycles. The van der Waals surface area contributed by atoms with Gasteiger partial charge in [0.2, 0.25) is 11.8 Å². The Bertz CT molecular complexity index is 589. The molecule has 2 atom stereocenters. The number of carbonyl (C=O) groups is 3. The number of hydrogen-bond acceptors (Lipinski definition) is 3. The van der Waals surface area contributed by atoms with Crippen molar-refractivity contribution >= 4 is 17.8 Å². The Morgan fingerprint density at radius 3 is 2.25 bits per heavy atom. The molecule has 0 aromatic carbocycles. The summed E-state index contributed by atoms with van der Waals surface area (Å²) in [6, 6.07) is 0.0321. The normalized spacial score (nSPS) is 23.6. The Kier molecular flexibility index (Phi) is 7.16. The molecular weight excluding hydrogens is 354 g/mol. The molecule has 2 fully saturated rings. The molecule has 0 aromatic rings. The van der Waals surface area contributed by atoms with Gasteiger partial charge in [0.05, 0.1) is 5.92 Å². The van der Waals surface area contributed by atoms with Crippen LogP contribution in [0.3, 0.4) is 0 Å². The Balaban J connectivity index is 1.62. The second kappa shape index (κ2) is 8.83. The lowest BCUT2D eigenvalue weighted by Crippen LogP contribution is -2.39. The molecule has 0 aliphatic carbocycles. The van der Waals surface area contributed by atoms with E-state index in [0.717, 1.165) is 38.8 Å². The first-order chi connectivity index (χ1) is 12.9. The minimum Gasteiger partial charge on any atom is -0.338 e. The second-order valence-corrected chi connectivity index (χ2v) is 10.6. The van der Waals surface area contributed by atoms with Gasteiger partial charge in [-0.3, -0.25) is 14.5 Å². The van der Waals surface area contributed by atoms with E-state index in [4.69, 9.17) is 0 Å². The first-order valence-corrected chi connectivity index (χ1v) is 10.8. The number of rotatable bonds is 6. The van der Waals surface area contributed by atoms with Crippen molar-refractivity contribution in [1.82, 2.24) is 15.1 Å². The summed E-state index contributed by atoms with van der Waals surface area (Å²) in [6.45, 7) is 15.6. The van der Waals surface area contributed by atoms with Crippen molar-refractivity contribution in [3.8, 4) is 0 Å². The van der Waals surface area contributed by atoms with Crippen LogP contribution in [0, 0.1) is 22.7 Å². The molecule has 0 radical (unpaired) electrons. The summed E-state index contributed by atoms with van der Waals surface area (Å²) < 4.78 is 0. The van der Waals surface area contributed by atoms with Gasteiger partial charge in [-0.05, 0) is 42.4 Å². The Morgan fingerprint density at radius 2 is 1.71 bits per heavy atom.